The fraction of sp³-hybridized carbons (Fsp3) is 0.500. The van der Waals surface area contributed by atoms with Gasteiger partial charge in [-0.1, -0.05) is 11.6 Å². The van der Waals surface area contributed by atoms with Crippen LogP contribution in [0, 0.1) is 0 Å². The molecule has 1 rings (SSSR count). The average Bonchev–Trinajstić information content (AvgIpc) is 2.52. The van der Waals surface area contributed by atoms with E-state index in [1.165, 1.54) is 0 Å². The summed E-state index contributed by atoms with van der Waals surface area (Å²) in [5.41, 5.74) is 0.904. The number of carbonyl (C=O) groups is 2. The largest absolute Gasteiger partial charge is 0.383 e. The Labute approximate surface area is 142 Å². The molecule has 0 spiro atoms. The number of ether oxygens (including phenoxy) is 1. The lowest BCUT2D eigenvalue weighted by atomic mass is 10.1. The summed E-state index contributed by atoms with van der Waals surface area (Å²) in [6, 6.07) is 4.94. The van der Waals surface area contributed by atoms with Crippen LogP contribution in [0.2, 0.25) is 5.02 Å². The van der Waals surface area contributed by atoms with Gasteiger partial charge in [-0.25, -0.2) is 0 Å². The molecule has 0 radical (unpaired) electrons. The van der Waals surface area contributed by atoms with E-state index in [0.29, 0.717) is 29.4 Å². The van der Waals surface area contributed by atoms with Crippen molar-refractivity contribution in [1.29, 1.82) is 0 Å². The van der Waals surface area contributed by atoms with E-state index in [1.807, 2.05) is 13.8 Å². The van der Waals surface area contributed by atoms with Crippen molar-refractivity contribution in [2.45, 2.75) is 19.9 Å². The van der Waals surface area contributed by atoms with Crippen LogP contribution in [0.4, 0.5) is 5.69 Å². The Morgan fingerprint density at radius 1 is 1.35 bits per heavy atom. The predicted molar refractivity (Wildman–Crippen MR) is 92.1 cm³/mol. The van der Waals surface area contributed by atoms with Gasteiger partial charge in [0.05, 0.1) is 23.9 Å². The first-order chi connectivity index (χ1) is 10.9. The van der Waals surface area contributed by atoms with E-state index in [-0.39, 0.29) is 24.4 Å². The Hall–Kier alpha value is -1.63. The molecule has 2 amide bonds. The molecule has 2 N–H and O–H groups in total. The summed E-state index contributed by atoms with van der Waals surface area (Å²) in [4.78, 5) is 25.8. The highest BCUT2D eigenvalue weighted by atomic mass is 35.5. The number of benzene rings is 1. The molecule has 1 aromatic rings. The maximum absolute atomic E-state index is 12.3. The first-order valence-corrected chi connectivity index (χ1v) is 7.80. The number of nitrogens with zero attached hydrogens (tertiary/aromatic N) is 1. The summed E-state index contributed by atoms with van der Waals surface area (Å²) in [5.74, 6) is -0.352. The quantitative estimate of drug-likeness (QED) is 0.709. The topological polar surface area (TPSA) is 70.7 Å². The highest BCUT2D eigenvalue weighted by Gasteiger charge is 2.16. The van der Waals surface area contributed by atoms with Crippen LogP contribution in [0.3, 0.4) is 0 Å². The van der Waals surface area contributed by atoms with Crippen molar-refractivity contribution in [1.82, 2.24) is 10.2 Å². The van der Waals surface area contributed by atoms with Crippen molar-refractivity contribution in [3.8, 4) is 0 Å². The second-order valence-corrected chi connectivity index (χ2v) is 5.83. The van der Waals surface area contributed by atoms with Crippen LogP contribution in [0.1, 0.15) is 24.2 Å². The van der Waals surface area contributed by atoms with Gasteiger partial charge in [-0.2, -0.15) is 0 Å². The van der Waals surface area contributed by atoms with Crippen LogP contribution in [-0.4, -0.2) is 56.6 Å². The minimum Gasteiger partial charge on any atom is -0.383 e. The van der Waals surface area contributed by atoms with E-state index < -0.39 is 0 Å². The van der Waals surface area contributed by atoms with Gasteiger partial charge >= 0.3 is 0 Å². The normalized spacial score (nSPS) is 10.7. The average molecular weight is 342 g/mol. The Morgan fingerprint density at radius 3 is 2.65 bits per heavy atom. The molecule has 0 aliphatic heterocycles. The first kappa shape index (κ1) is 19.4. The molecule has 1 aromatic carbocycles. The molecule has 23 heavy (non-hydrogen) atoms. The van der Waals surface area contributed by atoms with Crippen molar-refractivity contribution >= 4 is 29.1 Å². The lowest BCUT2D eigenvalue weighted by Crippen LogP contribution is -2.33. The molecule has 0 fully saturated rings. The maximum Gasteiger partial charge on any atom is 0.253 e. The molecule has 0 aromatic heterocycles. The molecule has 0 saturated carbocycles. The van der Waals surface area contributed by atoms with Crippen LogP contribution in [0.25, 0.3) is 0 Å². The summed E-state index contributed by atoms with van der Waals surface area (Å²) in [5, 5.41) is 6.03. The Kier molecular flexibility index (Phi) is 8.02. The zero-order valence-corrected chi connectivity index (χ0v) is 14.7. The lowest BCUT2D eigenvalue weighted by Gasteiger charge is -2.22. The van der Waals surface area contributed by atoms with E-state index in [1.54, 1.807) is 37.3 Å². The van der Waals surface area contributed by atoms with E-state index >= 15 is 0 Å². The maximum atomic E-state index is 12.3. The molecule has 7 heteroatoms. The minimum atomic E-state index is -0.232. The molecule has 0 atom stereocenters. The number of rotatable bonds is 8. The summed E-state index contributed by atoms with van der Waals surface area (Å²) >= 11 is 6.09. The molecule has 128 valence electrons. The molecule has 0 bridgehead atoms. The lowest BCUT2D eigenvalue weighted by molar-refractivity contribution is -0.115. The van der Waals surface area contributed by atoms with Gasteiger partial charge in [0.1, 0.15) is 0 Å². The molecular weight excluding hydrogens is 318 g/mol. The van der Waals surface area contributed by atoms with E-state index in [2.05, 4.69) is 10.6 Å². The van der Waals surface area contributed by atoms with Gasteiger partial charge < -0.3 is 20.3 Å². The van der Waals surface area contributed by atoms with Gasteiger partial charge in [0.25, 0.3) is 5.91 Å². The van der Waals surface area contributed by atoms with Crippen molar-refractivity contribution in [3.05, 3.63) is 28.8 Å². The van der Waals surface area contributed by atoms with Crippen LogP contribution < -0.4 is 10.6 Å². The highest BCUT2D eigenvalue weighted by Crippen LogP contribution is 2.23. The molecule has 0 aliphatic rings. The van der Waals surface area contributed by atoms with Gasteiger partial charge in [-0.3, -0.25) is 9.59 Å². The van der Waals surface area contributed by atoms with Gasteiger partial charge in [-0.15, -0.1) is 0 Å². The van der Waals surface area contributed by atoms with Crippen molar-refractivity contribution in [3.63, 3.8) is 0 Å². The van der Waals surface area contributed by atoms with Crippen LogP contribution >= 0.6 is 11.6 Å². The summed E-state index contributed by atoms with van der Waals surface area (Å²) in [6.45, 7) is 5.11. The number of anilines is 1. The second kappa shape index (κ2) is 9.50. The number of halogens is 1. The Bertz CT molecular complexity index is 549. The predicted octanol–water partition coefficient (Wildman–Crippen LogP) is 1.99. The van der Waals surface area contributed by atoms with Crippen LogP contribution in [0.15, 0.2) is 18.2 Å². The minimum absolute atomic E-state index is 0.0844. The zero-order chi connectivity index (χ0) is 17.4. The van der Waals surface area contributed by atoms with Crippen molar-refractivity contribution in [2.24, 2.45) is 0 Å². The molecular formula is C16H24ClN3O3. The molecule has 0 saturated heterocycles. The number of amides is 2. The highest BCUT2D eigenvalue weighted by molar-refractivity contribution is 6.33. The summed E-state index contributed by atoms with van der Waals surface area (Å²) in [6.07, 6.45) is 0. The van der Waals surface area contributed by atoms with Crippen molar-refractivity contribution < 1.29 is 14.3 Å². The fourth-order valence-corrected chi connectivity index (χ4v) is 1.93. The number of carbonyl (C=O) groups excluding carboxylic acids is 2. The van der Waals surface area contributed by atoms with Gasteiger partial charge in [-0.05, 0) is 32.0 Å². The Morgan fingerprint density at radius 2 is 2.04 bits per heavy atom. The SMILES string of the molecule is COCCNCC(=O)Nc1cc(C(=O)N(C)C(C)C)ccc1Cl. The summed E-state index contributed by atoms with van der Waals surface area (Å²) in [7, 11) is 3.33. The number of hydrogen-bond acceptors (Lipinski definition) is 4. The number of hydrogen-bond donors (Lipinski definition) is 2. The standard InChI is InChI=1S/C16H24ClN3O3/c1-11(2)20(3)16(22)12-5-6-13(17)14(9-12)19-15(21)10-18-7-8-23-4/h5-6,9,11,18H,7-8,10H2,1-4H3,(H,19,21). The fourth-order valence-electron chi connectivity index (χ4n) is 1.76. The van der Waals surface area contributed by atoms with Gasteiger partial charge in [0, 0.05) is 32.3 Å². The number of nitrogens with one attached hydrogen (secondary N) is 2. The molecule has 0 heterocycles. The third kappa shape index (κ3) is 6.17. The smallest absolute Gasteiger partial charge is 0.253 e. The molecule has 0 unspecified atom stereocenters. The third-order valence-electron chi connectivity index (χ3n) is 3.35. The van der Waals surface area contributed by atoms with Gasteiger partial charge in [0.2, 0.25) is 5.91 Å². The first-order valence-electron chi connectivity index (χ1n) is 7.43. The Balaban J connectivity index is 2.74. The van der Waals surface area contributed by atoms with Crippen molar-refractivity contribution in [2.75, 3.05) is 39.2 Å². The van der Waals surface area contributed by atoms with E-state index in [9.17, 15) is 9.59 Å². The monoisotopic (exact) mass is 341 g/mol. The van der Waals surface area contributed by atoms with E-state index in [0.717, 1.165) is 0 Å². The molecule has 6 nitrogen and oxygen atoms in total. The van der Waals surface area contributed by atoms with Gasteiger partial charge in [0.15, 0.2) is 0 Å². The van der Waals surface area contributed by atoms with Crippen LogP contribution in [-0.2, 0) is 9.53 Å². The third-order valence-corrected chi connectivity index (χ3v) is 3.68. The van der Waals surface area contributed by atoms with Crippen LogP contribution in [0.5, 0.6) is 0 Å². The summed E-state index contributed by atoms with van der Waals surface area (Å²) < 4.78 is 4.89. The van der Waals surface area contributed by atoms with E-state index in [4.69, 9.17) is 16.3 Å². The number of methoxy groups -OCH3 is 1. The zero-order valence-electron chi connectivity index (χ0n) is 14.0. The second-order valence-electron chi connectivity index (χ2n) is 5.42. The molecule has 0 aliphatic carbocycles.